The van der Waals surface area contributed by atoms with Gasteiger partial charge in [0.2, 0.25) is 0 Å². The highest BCUT2D eigenvalue weighted by atomic mass is 15.2. The molecule has 14 heavy (non-hydrogen) atoms. The lowest BCUT2D eigenvalue weighted by Crippen LogP contribution is -2.28. The number of anilines is 2. The van der Waals surface area contributed by atoms with E-state index in [1.807, 2.05) is 12.1 Å². The van der Waals surface area contributed by atoms with Gasteiger partial charge < -0.3 is 16.0 Å². The first-order valence-corrected chi connectivity index (χ1v) is 5.03. The minimum Gasteiger partial charge on any atom is -0.397 e. The molecule has 0 spiro atoms. The minimum absolute atomic E-state index is 0.724. The molecule has 0 unspecified atom stereocenters. The molecule has 1 fully saturated rings. The van der Waals surface area contributed by atoms with Crippen LogP contribution < -0.4 is 16.0 Å². The molecule has 0 bridgehead atoms. The number of nitrogen functional groups attached to an aromatic ring is 1. The van der Waals surface area contributed by atoms with Gasteiger partial charge in [0.25, 0.3) is 0 Å². The minimum atomic E-state index is 0.724. The second kappa shape index (κ2) is 4.28. The van der Waals surface area contributed by atoms with Crippen molar-refractivity contribution in [1.29, 1.82) is 0 Å². The summed E-state index contributed by atoms with van der Waals surface area (Å²) in [6, 6.07) is 3.89. The number of rotatable bonds is 1. The molecule has 4 heteroatoms. The Hall–Kier alpha value is -1.29. The first kappa shape index (κ1) is 9.27. The van der Waals surface area contributed by atoms with Crippen molar-refractivity contribution < 1.29 is 0 Å². The van der Waals surface area contributed by atoms with Gasteiger partial charge in [-0.2, -0.15) is 0 Å². The van der Waals surface area contributed by atoms with Gasteiger partial charge in [-0.3, -0.25) is 0 Å². The summed E-state index contributed by atoms with van der Waals surface area (Å²) in [6.07, 6.45) is 2.89. The lowest BCUT2D eigenvalue weighted by molar-refractivity contribution is 0.724. The maximum atomic E-state index is 5.59. The molecule has 1 saturated heterocycles. The maximum absolute atomic E-state index is 5.59. The van der Waals surface area contributed by atoms with Gasteiger partial charge in [-0.05, 0) is 25.1 Å². The summed E-state index contributed by atoms with van der Waals surface area (Å²) in [6.45, 7) is 4.23. The zero-order chi connectivity index (χ0) is 9.80. The predicted octanol–water partition coefficient (Wildman–Crippen LogP) is 0.463. The summed E-state index contributed by atoms with van der Waals surface area (Å²) in [7, 11) is 0. The van der Waals surface area contributed by atoms with E-state index in [2.05, 4.69) is 15.2 Å². The van der Waals surface area contributed by atoms with Crippen LogP contribution in [0, 0.1) is 0 Å². The molecule has 0 aromatic carbocycles. The summed E-state index contributed by atoms with van der Waals surface area (Å²) >= 11 is 0. The van der Waals surface area contributed by atoms with E-state index in [0.29, 0.717) is 0 Å². The van der Waals surface area contributed by atoms with Crippen LogP contribution in [-0.2, 0) is 0 Å². The maximum Gasteiger partial charge on any atom is 0.128 e. The Morgan fingerprint density at radius 2 is 2.21 bits per heavy atom. The molecular weight excluding hydrogens is 176 g/mol. The molecule has 1 aromatic heterocycles. The smallest absolute Gasteiger partial charge is 0.128 e. The van der Waals surface area contributed by atoms with Crippen molar-refractivity contribution in [3.63, 3.8) is 0 Å². The Kier molecular flexibility index (Phi) is 2.84. The van der Waals surface area contributed by atoms with Crippen LogP contribution in [0.3, 0.4) is 0 Å². The average molecular weight is 192 g/mol. The van der Waals surface area contributed by atoms with Crippen LogP contribution in [0.5, 0.6) is 0 Å². The molecule has 2 heterocycles. The average Bonchev–Trinajstić information content (AvgIpc) is 2.47. The first-order chi connectivity index (χ1) is 6.86. The van der Waals surface area contributed by atoms with Crippen molar-refractivity contribution in [2.24, 2.45) is 0 Å². The van der Waals surface area contributed by atoms with E-state index in [0.717, 1.165) is 37.7 Å². The molecule has 2 rings (SSSR count). The number of nitrogens with zero attached hydrogens (tertiary/aromatic N) is 2. The second-order valence-corrected chi connectivity index (χ2v) is 3.54. The molecule has 3 N–H and O–H groups in total. The van der Waals surface area contributed by atoms with Gasteiger partial charge in [-0.15, -0.1) is 0 Å². The SMILES string of the molecule is Nc1ccc(N2CCCNCC2)nc1. The fourth-order valence-corrected chi connectivity index (χ4v) is 1.66. The number of hydrogen-bond donors (Lipinski definition) is 2. The van der Waals surface area contributed by atoms with Crippen molar-refractivity contribution in [3.8, 4) is 0 Å². The zero-order valence-corrected chi connectivity index (χ0v) is 8.24. The number of hydrogen-bond acceptors (Lipinski definition) is 4. The molecule has 1 aromatic rings. The largest absolute Gasteiger partial charge is 0.397 e. The van der Waals surface area contributed by atoms with Crippen LogP contribution in [0.25, 0.3) is 0 Å². The number of pyridine rings is 1. The fraction of sp³-hybridized carbons (Fsp3) is 0.500. The van der Waals surface area contributed by atoms with Gasteiger partial charge >= 0.3 is 0 Å². The van der Waals surface area contributed by atoms with Crippen molar-refractivity contribution in [2.75, 3.05) is 36.8 Å². The van der Waals surface area contributed by atoms with Gasteiger partial charge in [0.1, 0.15) is 5.82 Å². The van der Waals surface area contributed by atoms with Gasteiger partial charge in [0.05, 0.1) is 11.9 Å². The van der Waals surface area contributed by atoms with E-state index in [1.165, 1.54) is 6.42 Å². The standard InChI is InChI=1S/C10H16N4/c11-9-2-3-10(13-8-9)14-6-1-4-12-5-7-14/h2-3,8,12H,1,4-7,11H2. The third kappa shape index (κ3) is 2.14. The lowest BCUT2D eigenvalue weighted by atomic mass is 10.3. The molecule has 4 nitrogen and oxygen atoms in total. The van der Waals surface area contributed by atoms with Gasteiger partial charge in [-0.25, -0.2) is 4.98 Å². The van der Waals surface area contributed by atoms with Gasteiger partial charge in [0, 0.05) is 19.6 Å². The first-order valence-electron chi connectivity index (χ1n) is 5.03. The molecule has 76 valence electrons. The van der Waals surface area contributed by atoms with E-state index >= 15 is 0 Å². The van der Waals surface area contributed by atoms with Crippen molar-refractivity contribution >= 4 is 11.5 Å². The third-order valence-electron chi connectivity index (χ3n) is 2.43. The van der Waals surface area contributed by atoms with Crippen LogP contribution >= 0.6 is 0 Å². The second-order valence-electron chi connectivity index (χ2n) is 3.54. The van der Waals surface area contributed by atoms with Crippen LogP contribution in [0.2, 0.25) is 0 Å². The van der Waals surface area contributed by atoms with Gasteiger partial charge in [-0.1, -0.05) is 0 Å². The Labute approximate surface area is 84.1 Å². The summed E-state index contributed by atoms with van der Waals surface area (Å²) in [5.74, 6) is 1.03. The third-order valence-corrected chi connectivity index (χ3v) is 2.43. The fourth-order valence-electron chi connectivity index (χ4n) is 1.66. The Morgan fingerprint density at radius 3 is 3.00 bits per heavy atom. The van der Waals surface area contributed by atoms with Crippen molar-refractivity contribution in [1.82, 2.24) is 10.3 Å². The molecule has 0 amide bonds. The van der Waals surface area contributed by atoms with E-state index in [9.17, 15) is 0 Å². The monoisotopic (exact) mass is 192 g/mol. The molecular formula is C10H16N4. The highest BCUT2D eigenvalue weighted by molar-refractivity contribution is 5.45. The van der Waals surface area contributed by atoms with Crippen molar-refractivity contribution in [3.05, 3.63) is 18.3 Å². The van der Waals surface area contributed by atoms with E-state index in [-0.39, 0.29) is 0 Å². The zero-order valence-electron chi connectivity index (χ0n) is 8.24. The quantitative estimate of drug-likeness (QED) is 0.679. The summed E-state index contributed by atoms with van der Waals surface area (Å²) in [4.78, 5) is 6.61. The van der Waals surface area contributed by atoms with Gasteiger partial charge in [0.15, 0.2) is 0 Å². The molecule has 1 aliphatic heterocycles. The topological polar surface area (TPSA) is 54.2 Å². The lowest BCUT2D eigenvalue weighted by Gasteiger charge is -2.20. The highest BCUT2D eigenvalue weighted by Gasteiger charge is 2.09. The summed E-state index contributed by atoms with van der Waals surface area (Å²) in [5, 5.41) is 3.36. The predicted molar refractivity (Wildman–Crippen MR) is 58.3 cm³/mol. The number of nitrogens with one attached hydrogen (secondary N) is 1. The summed E-state index contributed by atoms with van der Waals surface area (Å²) < 4.78 is 0. The van der Waals surface area contributed by atoms with E-state index < -0.39 is 0 Å². The Morgan fingerprint density at radius 1 is 1.29 bits per heavy atom. The van der Waals surface area contributed by atoms with Crippen LogP contribution in [-0.4, -0.2) is 31.2 Å². The van der Waals surface area contributed by atoms with Crippen molar-refractivity contribution in [2.45, 2.75) is 6.42 Å². The van der Waals surface area contributed by atoms with Crippen LogP contribution in [0.1, 0.15) is 6.42 Å². The highest BCUT2D eigenvalue weighted by Crippen LogP contribution is 2.12. The molecule has 0 aliphatic carbocycles. The van der Waals surface area contributed by atoms with E-state index in [1.54, 1.807) is 6.20 Å². The molecule has 0 saturated carbocycles. The van der Waals surface area contributed by atoms with Crippen LogP contribution in [0.4, 0.5) is 11.5 Å². The number of aromatic nitrogens is 1. The molecule has 0 atom stereocenters. The molecule has 1 aliphatic rings. The molecule has 0 radical (unpaired) electrons. The van der Waals surface area contributed by atoms with E-state index in [4.69, 9.17) is 5.73 Å². The number of nitrogens with two attached hydrogens (primary N) is 1. The summed E-state index contributed by atoms with van der Waals surface area (Å²) in [5.41, 5.74) is 6.32. The Balaban J connectivity index is 2.08. The van der Waals surface area contributed by atoms with Crippen LogP contribution in [0.15, 0.2) is 18.3 Å². The Bertz CT molecular complexity index is 275. The normalized spacial score (nSPS) is 17.9.